The van der Waals surface area contributed by atoms with E-state index in [-0.39, 0.29) is 24.2 Å². The van der Waals surface area contributed by atoms with Crippen LogP contribution >= 0.6 is 0 Å². The predicted octanol–water partition coefficient (Wildman–Crippen LogP) is 5.87. The number of aliphatic hydroxyl groups excluding tert-OH is 1. The Balaban J connectivity index is 3.18. The second kappa shape index (κ2) is 16.7. The quantitative estimate of drug-likeness (QED) is 0.207. The first-order valence-electron chi connectivity index (χ1n) is 14.2. The fourth-order valence-corrected chi connectivity index (χ4v) is 4.79. The van der Waals surface area contributed by atoms with Gasteiger partial charge in [0.15, 0.2) is 0 Å². The first-order valence-corrected chi connectivity index (χ1v) is 14.2. The van der Waals surface area contributed by atoms with Crippen molar-refractivity contribution >= 4 is 12.1 Å². The lowest BCUT2D eigenvalue weighted by molar-refractivity contribution is -0.144. The van der Waals surface area contributed by atoms with Crippen LogP contribution in [0.4, 0.5) is 4.79 Å². The lowest BCUT2D eigenvalue weighted by atomic mass is 9.80. The molecule has 0 bridgehead atoms. The van der Waals surface area contributed by atoms with Crippen molar-refractivity contribution < 1.29 is 34.0 Å². The summed E-state index contributed by atoms with van der Waals surface area (Å²) in [6, 6.07) is 5.61. The molecule has 4 atom stereocenters. The van der Waals surface area contributed by atoms with Crippen molar-refractivity contribution in [1.82, 2.24) is 5.32 Å². The SMILES string of the molecule is COCCCCc1cc(C[C@@H](C[C@H](NC(=O)OC(C)(C)C)[C@@H](O)C[C@H](C(=O)O)C(C)C)C(C)C)ccc1OC. The Kier molecular flexibility index (Phi) is 14.9. The number of carbonyl (C=O) groups is 2. The van der Waals surface area contributed by atoms with Crippen molar-refractivity contribution in [3.8, 4) is 5.75 Å². The number of unbranched alkanes of at least 4 members (excludes halogenated alkanes) is 1. The number of aliphatic hydroxyl groups is 1. The van der Waals surface area contributed by atoms with Crippen LogP contribution in [0.5, 0.6) is 5.75 Å². The lowest BCUT2D eigenvalue weighted by Crippen LogP contribution is -2.48. The van der Waals surface area contributed by atoms with E-state index in [1.165, 1.54) is 0 Å². The maximum Gasteiger partial charge on any atom is 0.407 e. The zero-order valence-corrected chi connectivity index (χ0v) is 25.6. The van der Waals surface area contributed by atoms with E-state index in [0.29, 0.717) is 6.42 Å². The molecule has 3 N–H and O–H groups in total. The van der Waals surface area contributed by atoms with Crippen molar-refractivity contribution in [1.29, 1.82) is 0 Å². The summed E-state index contributed by atoms with van der Waals surface area (Å²) in [7, 11) is 3.39. The Morgan fingerprint density at radius 3 is 2.18 bits per heavy atom. The number of hydrogen-bond acceptors (Lipinski definition) is 6. The molecule has 8 nitrogen and oxygen atoms in total. The first-order chi connectivity index (χ1) is 18.2. The maximum absolute atomic E-state index is 12.7. The van der Waals surface area contributed by atoms with Gasteiger partial charge >= 0.3 is 12.1 Å². The van der Waals surface area contributed by atoms with Gasteiger partial charge < -0.3 is 29.7 Å². The number of aliphatic carboxylic acids is 1. The predicted molar refractivity (Wildman–Crippen MR) is 154 cm³/mol. The van der Waals surface area contributed by atoms with Crippen LogP contribution in [0.3, 0.4) is 0 Å². The van der Waals surface area contributed by atoms with Gasteiger partial charge in [-0.05, 0) is 94.2 Å². The lowest BCUT2D eigenvalue weighted by Gasteiger charge is -2.32. The number of rotatable bonds is 17. The average Bonchev–Trinajstić information content (AvgIpc) is 2.82. The third-order valence-electron chi connectivity index (χ3n) is 7.17. The summed E-state index contributed by atoms with van der Waals surface area (Å²) in [5.74, 6) is -0.573. The summed E-state index contributed by atoms with van der Waals surface area (Å²) < 4.78 is 16.2. The van der Waals surface area contributed by atoms with E-state index < -0.39 is 35.7 Å². The van der Waals surface area contributed by atoms with Gasteiger partial charge in [-0.15, -0.1) is 0 Å². The van der Waals surface area contributed by atoms with Crippen LogP contribution in [0.1, 0.15) is 85.3 Å². The molecule has 0 spiro atoms. The molecule has 8 heteroatoms. The fraction of sp³-hybridized carbons (Fsp3) is 0.742. The minimum Gasteiger partial charge on any atom is -0.496 e. The average molecular weight is 552 g/mol. The molecule has 0 aromatic heterocycles. The third kappa shape index (κ3) is 13.1. The first kappa shape index (κ1) is 34.7. The monoisotopic (exact) mass is 551 g/mol. The minimum absolute atomic E-state index is 0.0481. The van der Waals surface area contributed by atoms with E-state index in [0.717, 1.165) is 49.2 Å². The number of nitrogens with one attached hydrogen (secondary N) is 1. The Morgan fingerprint density at radius 1 is 1.00 bits per heavy atom. The molecule has 0 saturated heterocycles. The summed E-state index contributed by atoms with van der Waals surface area (Å²) in [5.41, 5.74) is 1.62. The molecule has 1 aromatic rings. The summed E-state index contributed by atoms with van der Waals surface area (Å²) in [6.45, 7) is 14.0. The highest BCUT2D eigenvalue weighted by atomic mass is 16.6. The van der Waals surface area contributed by atoms with Crippen LogP contribution in [-0.2, 0) is 27.1 Å². The number of ether oxygens (including phenoxy) is 3. The molecule has 0 aliphatic rings. The van der Waals surface area contributed by atoms with Gasteiger partial charge in [-0.1, -0.05) is 39.8 Å². The Morgan fingerprint density at radius 2 is 1.67 bits per heavy atom. The van der Waals surface area contributed by atoms with Crippen LogP contribution in [0, 0.1) is 23.7 Å². The summed E-state index contributed by atoms with van der Waals surface area (Å²) in [6.07, 6.45) is 2.49. The topological polar surface area (TPSA) is 114 Å². The molecule has 0 aliphatic heterocycles. The molecule has 0 fully saturated rings. The number of alkyl carbamates (subject to hydrolysis) is 1. The van der Waals surface area contributed by atoms with E-state index in [9.17, 15) is 19.8 Å². The van der Waals surface area contributed by atoms with Crippen molar-refractivity contribution in [2.45, 2.75) is 105 Å². The van der Waals surface area contributed by atoms with Crippen LogP contribution in [0.25, 0.3) is 0 Å². The van der Waals surface area contributed by atoms with Crippen LogP contribution < -0.4 is 10.1 Å². The molecule has 0 saturated carbocycles. The van der Waals surface area contributed by atoms with Crippen molar-refractivity contribution in [3.05, 3.63) is 29.3 Å². The molecule has 1 aromatic carbocycles. The highest BCUT2D eigenvalue weighted by Gasteiger charge is 2.33. The second-order valence-corrected chi connectivity index (χ2v) is 12.3. The van der Waals surface area contributed by atoms with E-state index >= 15 is 0 Å². The summed E-state index contributed by atoms with van der Waals surface area (Å²) >= 11 is 0. The van der Waals surface area contributed by atoms with Gasteiger partial charge in [0.1, 0.15) is 11.4 Å². The standard InChI is InChI=1S/C31H53NO7/c1-20(2)24(17-22-13-14-28(38-9)23(16-22)12-10-11-15-37-8)18-26(32-30(36)39-31(5,6)7)27(33)19-25(21(3)4)29(34)35/h13-14,16,20-21,24-27,33H,10-12,15,17-19H2,1-9H3,(H,32,36)(H,34,35)/t24-,25-,26-,27-/m0/s1. The number of amides is 1. The number of carbonyl (C=O) groups excluding carboxylic acids is 1. The van der Waals surface area contributed by atoms with Gasteiger partial charge in [-0.2, -0.15) is 0 Å². The van der Waals surface area contributed by atoms with E-state index in [4.69, 9.17) is 14.2 Å². The minimum atomic E-state index is -1.03. The molecule has 0 aliphatic carbocycles. The second-order valence-electron chi connectivity index (χ2n) is 12.3. The van der Waals surface area contributed by atoms with Gasteiger partial charge in [0, 0.05) is 13.7 Å². The molecule has 0 radical (unpaired) electrons. The van der Waals surface area contributed by atoms with Crippen molar-refractivity contribution in [2.75, 3.05) is 20.8 Å². The molecule has 39 heavy (non-hydrogen) atoms. The molecule has 224 valence electrons. The Labute approximate surface area is 235 Å². The van der Waals surface area contributed by atoms with Crippen LogP contribution in [0.15, 0.2) is 18.2 Å². The molecule has 1 rings (SSSR count). The number of carboxylic acid groups (broad SMARTS) is 1. The van der Waals surface area contributed by atoms with Crippen LogP contribution in [-0.4, -0.2) is 60.8 Å². The van der Waals surface area contributed by atoms with Crippen LogP contribution in [0.2, 0.25) is 0 Å². The van der Waals surface area contributed by atoms with Crippen molar-refractivity contribution in [2.24, 2.45) is 23.7 Å². The number of benzene rings is 1. The fourth-order valence-electron chi connectivity index (χ4n) is 4.79. The third-order valence-corrected chi connectivity index (χ3v) is 7.17. The Hall–Kier alpha value is -2.32. The highest BCUT2D eigenvalue weighted by Crippen LogP contribution is 2.29. The van der Waals surface area contributed by atoms with Crippen molar-refractivity contribution in [3.63, 3.8) is 0 Å². The number of hydrogen-bond donors (Lipinski definition) is 3. The maximum atomic E-state index is 12.7. The largest absolute Gasteiger partial charge is 0.496 e. The number of methoxy groups -OCH3 is 2. The zero-order valence-electron chi connectivity index (χ0n) is 25.6. The van der Waals surface area contributed by atoms with Gasteiger partial charge in [0.05, 0.1) is 25.2 Å². The highest BCUT2D eigenvalue weighted by molar-refractivity contribution is 5.70. The number of carboxylic acids is 1. The smallest absolute Gasteiger partial charge is 0.407 e. The molecular weight excluding hydrogens is 498 g/mol. The van der Waals surface area contributed by atoms with E-state index in [2.05, 4.69) is 31.3 Å². The van der Waals surface area contributed by atoms with E-state index in [1.54, 1.807) is 35.0 Å². The van der Waals surface area contributed by atoms with Gasteiger partial charge in [-0.25, -0.2) is 4.79 Å². The Bertz CT molecular complexity index is 878. The normalized spacial score (nSPS) is 15.1. The molecule has 1 amide bonds. The summed E-state index contributed by atoms with van der Waals surface area (Å²) in [5, 5.41) is 23.8. The zero-order chi connectivity index (χ0) is 29.8. The van der Waals surface area contributed by atoms with Gasteiger partial charge in [-0.3, -0.25) is 4.79 Å². The number of aryl methyl sites for hydroxylation is 1. The van der Waals surface area contributed by atoms with Gasteiger partial charge in [0.25, 0.3) is 0 Å². The van der Waals surface area contributed by atoms with Gasteiger partial charge in [0.2, 0.25) is 0 Å². The molecule has 0 unspecified atom stereocenters. The summed E-state index contributed by atoms with van der Waals surface area (Å²) in [4.78, 5) is 24.6. The van der Waals surface area contributed by atoms with E-state index in [1.807, 2.05) is 19.9 Å². The molecule has 0 heterocycles. The molecular formula is C31H53NO7.